The van der Waals surface area contributed by atoms with Crippen LogP contribution >= 0.6 is 11.3 Å². The van der Waals surface area contributed by atoms with Crippen LogP contribution in [0.4, 0.5) is 5.13 Å². The van der Waals surface area contributed by atoms with Crippen molar-refractivity contribution in [2.75, 3.05) is 18.6 Å². The van der Waals surface area contributed by atoms with Gasteiger partial charge in [-0.3, -0.25) is 9.69 Å². The molecule has 0 aliphatic rings. The van der Waals surface area contributed by atoms with Crippen molar-refractivity contribution < 1.29 is 9.53 Å². The molecule has 1 aromatic heterocycles. The van der Waals surface area contributed by atoms with Crippen LogP contribution in [0.25, 0.3) is 0 Å². The Bertz CT molecular complexity index is 384. The molecule has 0 fully saturated rings. The third-order valence-corrected chi connectivity index (χ3v) is 3.16. The lowest BCUT2D eigenvalue weighted by molar-refractivity contribution is -0.119. The molecule has 0 radical (unpaired) electrons. The predicted molar refractivity (Wildman–Crippen MR) is 69.0 cm³/mol. The molecule has 1 aromatic rings. The minimum Gasteiger partial charge on any atom is -0.382 e. The lowest BCUT2D eigenvalue weighted by atomic mass is 10.2. The topological polar surface area (TPSA) is 42.4 Å². The van der Waals surface area contributed by atoms with Crippen LogP contribution in [0.1, 0.15) is 19.8 Å². The number of rotatable bonds is 6. The van der Waals surface area contributed by atoms with Gasteiger partial charge in [0.2, 0.25) is 5.91 Å². The van der Waals surface area contributed by atoms with Crippen molar-refractivity contribution in [3.8, 4) is 12.3 Å². The summed E-state index contributed by atoms with van der Waals surface area (Å²) in [7, 11) is 1.63. The van der Waals surface area contributed by atoms with E-state index in [4.69, 9.17) is 11.2 Å². The number of methoxy groups -OCH3 is 1. The first-order chi connectivity index (χ1) is 8.19. The molecule has 0 saturated carbocycles. The van der Waals surface area contributed by atoms with Gasteiger partial charge >= 0.3 is 0 Å². The van der Waals surface area contributed by atoms with Crippen LogP contribution in [0.3, 0.4) is 0 Å². The van der Waals surface area contributed by atoms with Crippen molar-refractivity contribution in [3.05, 3.63) is 11.6 Å². The number of amides is 1. The minimum atomic E-state index is -0.0122. The van der Waals surface area contributed by atoms with Crippen molar-refractivity contribution in [1.29, 1.82) is 0 Å². The van der Waals surface area contributed by atoms with E-state index in [0.717, 1.165) is 0 Å². The van der Waals surface area contributed by atoms with E-state index in [1.54, 1.807) is 13.3 Å². The SMILES string of the molecule is C#CCN(C(=O)CC[C@@H](C)OC)c1nccs1. The second kappa shape index (κ2) is 7.05. The van der Waals surface area contributed by atoms with Gasteiger partial charge in [-0.2, -0.15) is 0 Å². The Labute approximate surface area is 106 Å². The van der Waals surface area contributed by atoms with Gasteiger partial charge in [-0.1, -0.05) is 5.92 Å². The Balaban J connectivity index is 2.59. The minimum absolute atomic E-state index is 0.0122. The molecule has 0 aliphatic carbocycles. The summed E-state index contributed by atoms with van der Waals surface area (Å²) < 4.78 is 5.11. The number of carbonyl (C=O) groups is 1. The zero-order chi connectivity index (χ0) is 12.7. The summed E-state index contributed by atoms with van der Waals surface area (Å²) in [5, 5.41) is 2.47. The first kappa shape index (κ1) is 13.7. The van der Waals surface area contributed by atoms with Crippen LogP contribution < -0.4 is 4.90 Å². The molecule has 4 nitrogen and oxygen atoms in total. The second-order valence-electron chi connectivity index (χ2n) is 3.58. The average molecular weight is 252 g/mol. The largest absolute Gasteiger partial charge is 0.382 e. The van der Waals surface area contributed by atoms with E-state index in [0.29, 0.717) is 18.0 Å². The van der Waals surface area contributed by atoms with Crippen molar-refractivity contribution >= 4 is 22.4 Å². The summed E-state index contributed by atoms with van der Waals surface area (Å²) in [5.74, 6) is 2.47. The van der Waals surface area contributed by atoms with Crippen LogP contribution in [0, 0.1) is 12.3 Å². The number of terminal acetylenes is 1. The molecule has 17 heavy (non-hydrogen) atoms. The van der Waals surface area contributed by atoms with Gasteiger partial charge in [0.1, 0.15) is 0 Å². The van der Waals surface area contributed by atoms with Gasteiger partial charge in [0.25, 0.3) is 0 Å². The van der Waals surface area contributed by atoms with E-state index in [9.17, 15) is 4.79 Å². The highest BCUT2D eigenvalue weighted by atomic mass is 32.1. The van der Waals surface area contributed by atoms with Gasteiger partial charge in [0, 0.05) is 25.1 Å². The molecular formula is C12H16N2O2S. The number of hydrogen-bond acceptors (Lipinski definition) is 4. The zero-order valence-corrected chi connectivity index (χ0v) is 10.9. The predicted octanol–water partition coefficient (Wildman–Crippen LogP) is 1.92. The molecule has 0 bridgehead atoms. The summed E-state index contributed by atoms with van der Waals surface area (Å²) in [6, 6.07) is 0. The van der Waals surface area contributed by atoms with E-state index >= 15 is 0 Å². The maximum absolute atomic E-state index is 12.0. The van der Waals surface area contributed by atoms with Crippen molar-refractivity contribution in [2.45, 2.75) is 25.9 Å². The van der Waals surface area contributed by atoms with Crippen LogP contribution in [0.15, 0.2) is 11.6 Å². The number of ether oxygens (including phenoxy) is 1. The smallest absolute Gasteiger partial charge is 0.229 e. The Morgan fingerprint density at radius 1 is 1.76 bits per heavy atom. The van der Waals surface area contributed by atoms with Gasteiger partial charge in [-0.25, -0.2) is 4.98 Å². The van der Waals surface area contributed by atoms with E-state index in [1.165, 1.54) is 16.2 Å². The molecule has 0 aromatic carbocycles. The van der Waals surface area contributed by atoms with Crippen LogP contribution in [0.5, 0.6) is 0 Å². The molecule has 0 aliphatic heterocycles. The van der Waals surface area contributed by atoms with Crippen LogP contribution in [-0.4, -0.2) is 30.6 Å². The normalized spacial score (nSPS) is 11.8. The highest BCUT2D eigenvalue weighted by Crippen LogP contribution is 2.18. The first-order valence-corrected chi connectivity index (χ1v) is 6.23. The van der Waals surface area contributed by atoms with E-state index < -0.39 is 0 Å². The van der Waals surface area contributed by atoms with Gasteiger partial charge in [0.05, 0.1) is 12.6 Å². The standard InChI is InChI=1S/C12H16N2O2S/c1-4-8-14(12-13-7-9-17-12)11(15)6-5-10(2)16-3/h1,7,9-10H,5-6,8H2,2-3H3/t10-/m1/s1. The fourth-order valence-corrected chi connectivity index (χ4v) is 1.94. The Morgan fingerprint density at radius 2 is 2.53 bits per heavy atom. The average Bonchev–Trinajstić information content (AvgIpc) is 2.86. The summed E-state index contributed by atoms with van der Waals surface area (Å²) >= 11 is 1.41. The quantitative estimate of drug-likeness (QED) is 0.726. The van der Waals surface area contributed by atoms with Crippen molar-refractivity contribution in [2.24, 2.45) is 0 Å². The Morgan fingerprint density at radius 3 is 3.06 bits per heavy atom. The number of hydrogen-bond donors (Lipinski definition) is 0. The molecule has 1 amide bonds. The molecule has 1 heterocycles. The van der Waals surface area contributed by atoms with Gasteiger partial charge in [-0.05, 0) is 13.3 Å². The van der Waals surface area contributed by atoms with E-state index in [2.05, 4.69) is 10.9 Å². The van der Waals surface area contributed by atoms with Crippen LogP contribution in [0.2, 0.25) is 0 Å². The molecule has 5 heteroatoms. The summed E-state index contributed by atoms with van der Waals surface area (Å²) in [4.78, 5) is 17.6. The second-order valence-corrected chi connectivity index (χ2v) is 4.46. The number of thiazole rings is 1. The Kier molecular flexibility index (Phi) is 5.67. The van der Waals surface area contributed by atoms with E-state index in [1.807, 2.05) is 12.3 Å². The fourth-order valence-electron chi connectivity index (χ4n) is 1.28. The van der Waals surface area contributed by atoms with Crippen molar-refractivity contribution in [3.63, 3.8) is 0 Å². The molecule has 92 valence electrons. The molecule has 0 N–H and O–H groups in total. The highest BCUT2D eigenvalue weighted by Gasteiger charge is 2.17. The number of nitrogens with zero attached hydrogens (tertiary/aromatic N) is 2. The maximum Gasteiger partial charge on any atom is 0.229 e. The summed E-state index contributed by atoms with van der Waals surface area (Å²) in [6.45, 7) is 2.19. The third kappa shape index (κ3) is 4.17. The van der Waals surface area contributed by atoms with Gasteiger partial charge < -0.3 is 4.74 Å². The number of anilines is 1. The Hall–Kier alpha value is -1.38. The molecule has 0 unspecified atom stereocenters. The zero-order valence-electron chi connectivity index (χ0n) is 10.0. The number of carbonyl (C=O) groups excluding carboxylic acids is 1. The van der Waals surface area contributed by atoms with Crippen molar-refractivity contribution in [1.82, 2.24) is 4.98 Å². The fraction of sp³-hybridized carbons (Fsp3) is 0.500. The summed E-state index contributed by atoms with van der Waals surface area (Å²) in [6.07, 6.45) is 8.09. The highest BCUT2D eigenvalue weighted by molar-refractivity contribution is 7.13. The monoisotopic (exact) mass is 252 g/mol. The van der Waals surface area contributed by atoms with Crippen LogP contribution in [-0.2, 0) is 9.53 Å². The first-order valence-electron chi connectivity index (χ1n) is 5.35. The molecule has 0 saturated heterocycles. The maximum atomic E-state index is 12.0. The summed E-state index contributed by atoms with van der Waals surface area (Å²) in [5.41, 5.74) is 0. The van der Waals surface area contributed by atoms with E-state index in [-0.39, 0.29) is 18.6 Å². The molecule has 1 atom stereocenters. The molecular weight excluding hydrogens is 236 g/mol. The lowest BCUT2D eigenvalue weighted by Crippen LogP contribution is -2.31. The third-order valence-electron chi connectivity index (χ3n) is 2.37. The van der Waals surface area contributed by atoms with Gasteiger partial charge in [-0.15, -0.1) is 17.8 Å². The lowest BCUT2D eigenvalue weighted by Gasteiger charge is -2.18. The number of aromatic nitrogens is 1. The molecule has 1 rings (SSSR count). The van der Waals surface area contributed by atoms with Gasteiger partial charge in [0.15, 0.2) is 5.13 Å². The molecule has 0 spiro atoms.